The molecule has 0 radical (unpaired) electrons. The molecule has 1 fully saturated rings. The summed E-state index contributed by atoms with van der Waals surface area (Å²) >= 11 is 0. The zero-order valence-corrected chi connectivity index (χ0v) is 17.9. The van der Waals surface area contributed by atoms with E-state index in [1.807, 2.05) is 31.2 Å². The van der Waals surface area contributed by atoms with Crippen molar-refractivity contribution in [2.24, 2.45) is 5.92 Å². The average molecular weight is 406 g/mol. The third-order valence-corrected chi connectivity index (χ3v) is 6.30. The first-order chi connectivity index (χ1) is 14.6. The van der Waals surface area contributed by atoms with Crippen LogP contribution in [0.5, 0.6) is 5.75 Å². The van der Waals surface area contributed by atoms with Gasteiger partial charge >= 0.3 is 0 Å². The molecule has 0 unspecified atom stereocenters. The van der Waals surface area contributed by atoms with Gasteiger partial charge < -0.3 is 9.72 Å². The minimum Gasteiger partial charge on any atom is -0.494 e. The highest BCUT2D eigenvalue weighted by atomic mass is 16.5. The fourth-order valence-electron chi connectivity index (χ4n) is 4.39. The van der Waals surface area contributed by atoms with Crippen molar-refractivity contribution in [3.8, 4) is 5.75 Å². The predicted octanol–water partition coefficient (Wildman–Crippen LogP) is 4.73. The molecule has 0 spiro atoms. The number of likely N-dealkylation sites (tertiary alicyclic amines) is 1. The summed E-state index contributed by atoms with van der Waals surface area (Å²) in [7, 11) is 0. The second-order valence-corrected chi connectivity index (χ2v) is 8.24. The van der Waals surface area contributed by atoms with E-state index in [0.29, 0.717) is 12.0 Å². The van der Waals surface area contributed by atoms with Crippen LogP contribution in [0.15, 0.2) is 53.3 Å². The van der Waals surface area contributed by atoms with Crippen LogP contribution in [-0.2, 0) is 6.42 Å². The SMILES string of the molecule is CCOc1ccc(CCC2CCN([C@@H](C)c3nc4ccccc4c(=O)[nH]3)CC2)cc1. The van der Waals surface area contributed by atoms with E-state index in [0.717, 1.165) is 42.5 Å². The molecular formula is C25H31N3O2. The minimum atomic E-state index is -0.0484. The monoisotopic (exact) mass is 405 g/mol. The van der Waals surface area contributed by atoms with Crippen molar-refractivity contribution in [2.45, 2.75) is 45.6 Å². The molecule has 1 saturated heterocycles. The maximum Gasteiger partial charge on any atom is 0.258 e. The van der Waals surface area contributed by atoms with Gasteiger partial charge in [0.2, 0.25) is 0 Å². The first-order valence-corrected chi connectivity index (χ1v) is 11.1. The van der Waals surface area contributed by atoms with E-state index >= 15 is 0 Å². The zero-order valence-electron chi connectivity index (χ0n) is 17.9. The number of H-pyrrole nitrogens is 1. The van der Waals surface area contributed by atoms with E-state index in [9.17, 15) is 4.79 Å². The van der Waals surface area contributed by atoms with Gasteiger partial charge in [0.25, 0.3) is 5.56 Å². The average Bonchev–Trinajstić information content (AvgIpc) is 2.79. The van der Waals surface area contributed by atoms with E-state index in [-0.39, 0.29) is 11.6 Å². The van der Waals surface area contributed by atoms with Gasteiger partial charge in [-0.3, -0.25) is 9.69 Å². The number of hydrogen-bond donors (Lipinski definition) is 1. The molecular weight excluding hydrogens is 374 g/mol. The van der Waals surface area contributed by atoms with E-state index in [4.69, 9.17) is 9.72 Å². The fourth-order valence-corrected chi connectivity index (χ4v) is 4.39. The first-order valence-electron chi connectivity index (χ1n) is 11.1. The van der Waals surface area contributed by atoms with Crippen LogP contribution in [0.25, 0.3) is 10.9 Å². The van der Waals surface area contributed by atoms with E-state index < -0.39 is 0 Å². The Morgan fingerprint density at radius 1 is 1.13 bits per heavy atom. The van der Waals surface area contributed by atoms with Crippen molar-refractivity contribution in [1.82, 2.24) is 14.9 Å². The van der Waals surface area contributed by atoms with Crippen LogP contribution in [-0.4, -0.2) is 34.6 Å². The molecule has 0 aliphatic carbocycles. The molecule has 5 nitrogen and oxygen atoms in total. The molecule has 0 saturated carbocycles. The molecule has 1 aromatic heterocycles. The second-order valence-electron chi connectivity index (χ2n) is 8.24. The van der Waals surface area contributed by atoms with Crippen LogP contribution < -0.4 is 10.3 Å². The number of hydrogen-bond acceptors (Lipinski definition) is 4. The quantitative estimate of drug-likeness (QED) is 0.617. The first kappa shape index (κ1) is 20.6. The Balaban J connectivity index is 1.31. The van der Waals surface area contributed by atoms with Gasteiger partial charge in [-0.05, 0) is 88.4 Å². The lowest BCUT2D eigenvalue weighted by molar-refractivity contribution is 0.133. The summed E-state index contributed by atoms with van der Waals surface area (Å²) < 4.78 is 5.52. The number of benzene rings is 2. The molecule has 5 heteroatoms. The summed E-state index contributed by atoms with van der Waals surface area (Å²) in [6.45, 7) is 6.96. The molecule has 3 aromatic rings. The Morgan fingerprint density at radius 2 is 1.87 bits per heavy atom. The van der Waals surface area contributed by atoms with Gasteiger partial charge in [-0.15, -0.1) is 0 Å². The summed E-state index contributed by atoms with van der Waals surface area (Å²) in [6, 6.07) is 16.2. The molecule has 1 aliphatic rings. The fraction of sp³-hybridized carbons (Fsp3) is 0.440. The summed E-state index contributed by atoms with van der Waals surface area (Å²) in [5.41, 5.74) is 2.10. The number of para-hydroxylation sites is 1. The van der Waals surface area contributed by atoms with Gasteiger partial charge in [0.1, 0.15) is 11.6 Å². The summed E-state index contributed by atoms with van der Waals surface area (Å²) in [5.74, 6) is 2.47. The number of nitrogens with zero attached hydrogens (tertiary/aromatic N) is 2. The normalized spacial score (nSPS) is 16.6. The number of aromatic amines is 1. The second kappa shape index (κ2) is 9.43. The van der Waals surface area contributed by atoms with Gasteiger partial charge in [-0.2, -0.15) is 0 Å². The maximum atomic E-state index is 12.4. The lowest BCUT2D eigenvalue weighted by Gasteiger charge is -2.35. The van der Waals surface area contributed by atoms with Crippen LogP contribution in [0.2, 0.25) is 0 Å². The lowest BCUT2D eigenvalue weighted by atomic mass is 9.90. The van der Waals surface area contributed by atoms with E-state index in [1.165, 1.54) is 24.8 Å². The Labute approximate surface area is 178 Å². The van der Waals surface area contributed by atoms with Gasteiger partial charge in [0.05, 0.1) is 23.6 Å². The molecule has 1 atom stereocenters. The largest absolute Gasteiger partial charge is 0.494 e. The van der Waals surface area contributed by atoms with Crippen molar-refractivity contribution in [1.29, 1.82) is 0 Å². The third-order valence-electron chi connectivity index (χ3n) is 6.30. The molecule has 0 amide bonds. The van der Waals surface area contributed by atoms with Crippen LogP contribution >= 0.6 is 0 Å². The molecule has 4 rings (SSSR count). The van der Waals surface area contributed by atoms with Crippen LogP contribution in [0.1, 0.15) is 50.5 Å². The highest BCUT2D eigenvalue weighted by molar-refractivity contribution is 5.77. The van der Waals surface area contributed by atoms with Crippen molar-refractivity contribution < 1.29 is 4.74 Å². The van der Waals surface area contributed by atoms with E-state index in [2.05, 4.69) is 41.1 Å². The lowest BCUT2D eigenvalue weighted by Crippen LogP contribution is -2.37. The zero-order chi connectivity index (χ0) is 20.9. The summed E-state index contributed by atoms with van der Waals surface area (Å²) in [6.07, 6.45) is 4.73. The topological polar surface area (TPSA) is 58.2 Å². The van der Waals surface area contributed by atoms with Crippen LogP contribution in [0.3, 0.4) is 0 Å². The number of ether oxygens (including phenoxy) is 1. The molecule has 2 heterocycles. The van der Waals surface area contributed by atoms with Crippen molar-refractivity contribution in [3.63, 3.8) is 0 Å². The number of rotatable bonds is 7. The molecule has 1 aliphatic heterocycles. The van der Waals surface area contributed by atoms with Crippen molar-refractivity contribution in [2.75, 3.05) is 19.7 Å². The predicted molar refractivity (Wildman–Crippen MR) is 121 cm³/mol. The standard InChI is InChI=1S/C25H31N3O2/c1-3-30-21-12-10-19(11-13-21)8-9-20-14-16-28(17-15-20)18(2)24-26-23-7-5-4-6-22(23)25(29)27-24/h4-7,10-13,18,20H,3,8-9,14-17H2,1-2H3,(H,26,27,29)/t18-/m0/s1. The molecule has 158 valence electrons. The number of aryl methyl sites for hydroxylation is 1. The van der Waals surface area contributed by atoms with Crippen LogP contribution in [0, 0.1) is 5.92 Å². The van der Waals surface area contributed by atoms with Crippen LogP contribution in [0.4, 0.5) is 0 Å². The van der Waals surface area contributed by atoms with E-state index in [1.54, 1.807) is 0 Å². The Morgan fingerprint density at radius 3 is 2.60 bits per heavy atom. The minimum absolute atomic E-state index is 0.0484. The third kappa shape index (κ3) is 4.73. The van der Waals surface area contributed by atoms with Crippen molar-refractivity contribution >= 4 is 10.9 Å². The van der Waals surface area contributed by atoms with Gasteiger partial charge in [-0.1, -0.05) is 24.3 Å². The number of fused-ring (bicyclic) bond motifs is 1. The Kier molecular flexibility index (Phi) is 6.48. The highest BCUT2D eigenvalue weighted by Crippen LogP contribution is 2.28. The summed E-state index contributed by atoms with van der Waals surface area (Å²) in [5, 5.41) is 0.654. The maximum absolute atomic E-state index is 12.4. The molecule has 1 N–H and O–H groups in total. The van der Waals surface area contributed by atoms with Gasteiger partial charge in [-0.25, -0.2) is 4.98 Å². The smallest absolute Gasteiger partial charge is 0.258 e. The Hall–Kier alpha value is -2.66. The van der Waals surface area contributed by atoms with Gasteiger partial charge in [0, 0.05) is 0 Å². The highest BCUT2D eigenvalue weighted by Gasteiger charge is 2.25. The van der Waals surface area contributed by atoms with Crippen molar-refractivity contribution in [3.05, 3.63) is 70.3 Å². The summed E-state index contributed by atoms with van der Waals surface area (Å²) in [4.78, 5) is 22.6. The molecule has 0 bridgehead atoms. The number of aromatic nitrogens is 2. The Bertz CT molecular complexity index is 1020. The number of nitrogens with one attached hydrogen (secondary N) is 1. The molecule has 30 heavy (non-hydrogen) atoms. The number of piperidine rings is 1. The molecule has 2 aromatic carbocycles. The van der Waals surface area contributed by atoms with Gasteiger partial charge in [0.15, 0.2) is 0 Å².